The fourth-order valence-electron chi connectivity index (χ4n) is 2.44. The first-order chi connectivity index (χ1) is 10.2. The second-order valence-corrected chi connectivity index (χ2v) is 5.88. The third-order valence-electron chi connectivity index (χ3n) is 3.81. The summed E-state index contributed by atoms with van der Waals surface area (Å²) in [4.78, 5) is 8.91. The summed E-state index contributed by atoms with van der Waals surface area (Å²) in [6.07, 6.45) is 4.50. The van der Waals surface area contributed by atoms with E-state index in [0.717, 1.165) is 24.5 Å². The maximum absolute atomic E-state index is 5.87. The van der Waals surface area contributed by atoms with Crippen LogP contribution in [0.1, 0.15) is 43.5 Å². The fraction of sp³-hybridized carbons (Fsp3) is 0.412. The van der Waals surface area contributed by atoms with Crippen molar-refractivity contribution in [2.75, 3.05) is 11.1 Å². The molecule has 0 saturated heterocycles. The molecule has 1 fully saturated rings. The van der Waals surface area contributed by atoms with Crippen LogP contribution in [0.5, 0.6) is 0 Å². The van der Waals surface area contributed by atoms with Crippen LogP contribution in [0.3, 0.4) is 0 Å². The summed E-state index contributed by atoms with van der Waals surface area (Å²) in [5.41, 5.74) is 7.24. The van der Waals surface area contributed by atoms with Crippen LogP contribution in [0.4, 0.5) is 11.6 Å². The van der Waals surface area contributed by atoms with Gasteiger partial charge in [-0.3, -0.25) is 0 Å². The zero-order valence-electron chi connectivity index (χ0n) is 12.4. The highest BCUT2D eigenvalue weighted by atomic mass is 15.1. The number of aromatic nitrogens is 2. The average molecular weight is 282 g/mol. The Bertz CT molecular complexity index is 593. The summed E-state index contributed by atoms with van der Waals surface area (Å²) in [7, 11) is 0. The van der Waals surface area contributed by atoms with Gasteiger partial charge in [0.15, 0.2) is 0 Å². The van der Waals surface area contributed by atoms with E-state index in [-0.39, 0.29) is 0 Å². The first kappa shape index (κ1) is 13.9. The van der Waals surface area contributed by atoms with Crippen LogP contribution in [-0.4, -0.2) is 16.0 Å². The second kappa shape index (κ2) is 6.12. The molecule has 1 aliphatic carbocycles. The molecule has 0 amide bonds. The third-order valence-corrected chi connectivity index (χ3v) is 3.81. The molecule has 0 radical (unpaired) electrons. The number of aryl methyl sites for hydroxylation is 1. The van der Waals surface area contributed by atoms with Crippen molar-refractivity contribution in [3.8, 4) is 0 Å². The zero-order valence-corrected chi connectivity index (χ0v) is 12.4. The number of rotatable bonds is 6. The predicted molar refractivity (Wildman–Crippen MR) is 86.3 cm³/mol. The molecule has 21 heavy (non-hydrogen) atoms. The van der Waals surface area contributed by atoms with E-state index >= 15 is 0 Å². The van der Waals surface area contributed by atoms with Crippen molar-refractivity contribution in [3.63, 3.8) is 0 Å². The van der Waals surface area contributed by atoms with Gasteiger partial charge >= 0.3 is 0 Å². The van der Waals surface area contributed by atoms with Gasteiger partial charge in [0.2, 0.25) is 0 Å². The fourth-order valence-corrected chi connectivity index (χ4v) is 2.44. The van der Waals surface area contributed by atoms with Crippen molar-refractivity contribution >= 4 is 11.6 Å². The summed E-state index contributed by atoms with van der Waals surface area (Å²) < 4.78 is 0. The molecule has 110 valence electrons. The Morgan fingerprint density at radius 1 is 1.24 bits per heavy atom. The molecule has 4 heteroatoms. The minimum absolute atomic E-state index is 0.353. The van der Waals surface area contributed by atoms with Crippen LogP contribution in [0.2, 0.25) is 0 Å². The van der Waals surface area contributed by atoms with Gasteiger partial charge < -0.3 is 11.1 Å². The molecule has 0 aliphatic heterocycles. The summed E-state index contributed by atoms with van der Waals surface area (Å²) in [6, 6.07) is 12.7. The lowest BCUT2D eigenvalue weighted by atomic mass is 10.1. The largest absolute Gasteiger partial charge is 0.384 e. The maximum Gasteiger partial charge on any atom is 0.136 e. The van der Waals surface area contributed by atoms with Gasteiger partial charge in [0, 0.05) is 18.0 Å². The Morgan fingerprint density at radius 3 is 2.71 bits per heavy atom. The predicted octanol–water partition coefficient (Wildman–Crippen LogP) is 3.37. The van der Waals surface area contributed by atoms with Crippen molar-refractivity contribution in [1.29, 1.82) is 0 Å². The molecule has 0 bridgehead atoms. The standard InChI is InChI=1S/C17H22N4/c1-12(7-8-13-5-3-2-4-6-13)19-16-11-15(18)20-17(21-16)14-9-10-14/h2-6,11-12,14H,7-10H2,1H3,(H3,18,19,20,21). The molecule has 1 heterocycles. The minimum Gasteiger partial charge on any atom is -0.384 e. The van der Waals surface area contributed by atoms with Gasteiger partial charge in [0.05, 0.1) is 0 Å². The Labute approximate surface area is 125 Å². The normalized spacial score (nSPS) is 15.7. The number of nitrogens with one attached hydrogen (secondary N) is 1. The van der Waals surface area contributed by atoms with E-state index in [1.165, 1.54) is 18.4 Å². The quantitative estimate of drug-likeness (QED) is 0.852. The van der Waals surface area contributed by atoms with Crippen molar-refractivity contribution < 1.29 is 0 Å². The maximum atomic E-state index is 5.87. The van der Waals surface area contributed by atoms with Crippen molar-refractivity contribution in [3.05, 3.63) is 47.8 Å². The highest BCUT2D eigenvalue weighted by molar-refractivity contribution is 5.45. The van der Waals surface area contributed by atoms with Gasteiger partial charge in [-0.15, -0.1) is 0 Å². The lowest BCUT2D eigenvalue weighted by Crippen LogP contribution is -2.18. The van der Waals surface area contributed by atoms with Gasteiger partial charge in [0.25, 0.3) is 0 Å². The molecule has 1 aromatic heterocycles. The second-order valence-electron chi connectivity index (χ2n) is 5.88. The Kier molecular flexibility index (Phi) is 4.04. The lowest BCUT2D eigenvalue weighted by Gasteiger charge is -2.15. The van der Waals surface area contributed by atoms with Gasteiger partial charge in [-0.1, -0.05) is 30.3 Å². The minimum atomic E-state index is 0.353. The van der Waals surface area contributed by atoms with Crippen LogP contribution in [0.25, 0.3) is 0 Å². The van der Waals surface area contributed by atoms with Crippen molar-refractivity contribution in [2.24, 2.45) is 0 Å². The van der Waals surface area contributed by atoms with E-state index < -0.39 is 0 Å². The first-order valence-corrected chi connectivity index (χ1v) is 7.65. The Morgan fingerprint density at radius 2 is 2.00 bits per heavy atom. The lowest BCUT2D eigenvalue weighted by molar-refractivity contribution is 0.701. The van der Waals surface area contributed by atoms with Crippen LogP contribution in [0, 0.1) is 0 Å². The van der Waals surface area contributed by atoms with Crippen molar-refractivity contribution in [2.45, 2.75) is 44.6 Å². The number of hydrogen-bond acceptors (Lipinski definition) is 4. The van der Waals surface area contributed by atoms with Crippen LogP contribution in [-0.2, 0) is 6.42 Å². The first-order valence-electron chi connectivity index (χ1n) is 7.65. The van der Waals surface area contributed by atoms with Crippen LogP contribution < -0.4 is 11.1 Å². The molecule has 1 aliphatic rings. The van der Waals surface area contributed by atoms with Crippen molar-refractivity contribution in [1.82, 2.24) is 9.97 Å². The summed E-state index contributed by atoms with van der Waals surface area (Å²) >= 11 is 0. The molecule has 3 rings (SSSR count). The van der Waals surface area contributed by atoms with E-state index in [1.807, 2.05) is 12.1 Å². The molecule has 0 spiro atoms. The number of nitrogen functional groups attached to an aromatic ring is 1. The zero-order chi connectivity index (χ0) is 14.7. The number of nitrogens with zero attached hydrogens (tertiary/aromatic N) is 2. The Balaban J connectivity index is 1.58. The summed E-state index contributed by atoms with van der Waals surface area (Å²) in [5.74, 6) is 2.83. The molecular weight excluding hydrogens is 260 g/mol. The molecule has 1 unspecified atom stereocenters. The molecule has 1 saturated carbocycles. The van der Waals surface area contributed by atoms with Gasteiger partial charge in [-0.2, -0.15) is 0 Å². The van der Waals surface area contributed by atoms with Gasteiger partial charge in [-0.25, -0.2) is 9.97 Å². The monoisotopic (exact) mass is 282 g/mol. The molecular formula is C17H22N4. The summed E-state index contributed by atoms with van der Waals surface area (Å²) in [6.45, 7) is 2.18. The average Bonchev–Trinajstić information content (AvgIpc) is 3.30. The highest BCUT2D eigenvalue weighted by Crippen LogP contribution is 2.38. The molecule has 3 N–H and O–H groups in total. The van der Waals surface area contributed by atoms with Crippen LogP contribution >= 0.6 is 0 Å². The van der Waals surface area contributed by atoms with Gasteiger partial charge in [0.1, 0.15) is 17.5 Å². The molecule has 4 nitrogen and oxygen atoms in total. The highest BCUT2D eigenvalue weighted by Gasteiger charge is 2.27. The van der Waals surface area contributed by atoms with E-state index in [2.05, 4.69) is 46.5 Å². The third kappa shape index (κ3) is 3.94. The topological polar surface area (TPSA) is 63.8 Å². The SMILES string of the molecule is CC(CCc1ccccc1)Nc1cc(N)nc(C2CC2)n1. The van der Waals surface area contributed by atoms with E-state index in [1.54, 1.807) is 0 Å². The van der Waals surface area contributed by atoms with E-state index in [0.29, 0.717) is 17.8 Å². The number of anilines is 2. The summed E-state index contributed by atoms with van der Waals surface area (Å²) in [5, 5.41) is 3.44. The van der Waals surface area contributed by atoms with E-state index in [9.17, 15) is 0 Å². The van der Waals surface area contributed by atoms with Gasteiger partial charge in [-0.05, 0) is 38.2 Å². The van der Waals surface area contributed by atoms with Crippen LogP contribution in [0.15, 0.2) is 36.4 Å². The smallest absolute Gasteiger partial charge is 0.136 e. The number of benzene rings is 1. The van der Waals surface area contributed by atoms with E-state index in [4.69, 9.17) is 5.73 Å². The molecule has 1 atom stereocenters. The number of hydrogen-bond donors (Lipinski definition) is 2. The molecule has 2 aromatic rings. The Hall–Kier alpha value is -2.10. The number of nitrogens with two attached hydrogens (primary N) is 1. The molecule has 1 aromatic carbocycles.